The minimum absolute atomic E-state index is 0.0828. The fraction of sp³-hybridized carbons (Fsp3) is 0.333. The van der Waals surface area contributed by atoms with Gasteiger partial charge in [-0.1, -0.05) is 58.0 Å². The smallest absolute Gasteiger partial charge is 0.251 e. The minimum atomic E-state index is -0.387. The van der Waals surface area contributed by atoms with Gasteiger partial charge < -0.3 is 10.3 Å². The third-order valence-electron chi connectivity index (χ3n) is 5.30. The van der Waals surface area contributed by atoms with E-state index in [0.29, 0.717) is 12.1 Å². The second-order valence-corrected chi connectivity index (χ2v) is 8.23. The molecule has 0 unspecified atom stereocenters. The van der Waals surface area contributed by atoms with Gasteiger partial charge in [-0.2, -0.15) is 0 Å². The van der Waals surface area contributed by atoms with Crippen LogP contribution in [-0.4, -0.2) is 15.5 Å². The summed E-state index contributed by atoms with van der Waals surface area (Å²) < 4.78 is 2.18. The quantitative estimate of drug-likeness (QED) is 0.692. The van der Waals surface area contributed by atoms with Crippen LogP contribution in [0.15, 0.2) is 48.7 Å². The number of nitrogens with two attached hydrogens (primary N) is 1. The van der Waals surface area contributed by atoms with Crippen LogP contribution < -0.4 is 5.73 Å². The molecule has 0 spiro atoms. The maximum Gasteiger partial charge on any atom is 0.251 e. The summed E-state index contributed by atoms with van der Waals surface area (Å²) in [4.78, 5) is 16.8. The molecule has 3 rings (SSSR count). The molecule has 0 aliphatic carbocycles. The molecule has 28 heavy (non-hydrogen) atoms. The first-order valence-electron chi connectivity index (χ1n) is 9.76. The van der Waals surface area contributed by atoms with E-state index in [1.165, 1.54) is 5.56 Å². The highest BCUT2D eigenvalue weighted by atomic mass is 16.1. The lowest BCUT2D eigenvalue weighted by Gasteiger charge is -2.19. The van der Waals surface area contributed by atoms with Crippen LogP contribution in [0.5, 0.6) is 0 Å². The number of amides is 1. The lowest BCUT2D eigenvalue weighted by atomic mass is 9.86. The van der Waals surface area contributed by atoms with E-state index in [2.05, 4.69) is 61.5 Å². The molecule has 0 fully saturated rings. The largest absolute Gasteiger partial charge is 0.366 e. The number of benzene rings is 1. The Kier molecular flexibility index (Phi) is 5.41. The maximum absolute atomic E-state index is 12.4. The van der Waals surface area contributed by atoms with Gasteiger partial charge in [-0.05, 0) is 42.0 Å². The van der Waals surface area contributed by atoms with E-state index in [1.807, 2.05) is 25.1 Å². The zero-order valence-corrected chi connectivity index (χ0v) is 17.4. The van der Waals surface area contributed by atoms with E-state index >= 15 is 0 Å². The molecule has 2 heterocycles. The Morgan fingerprint density at radius 1 is 1.11 bits per heavy atom. The van der Waals surface area contributed by atoms with Gasteiger partial charge in [-0.3, -0.25) is 9.78 Å². The molecule has 1 amide bonds. The second-order valence-electron chi connectivity index (χ2n) is 8.23. The molecule has 146 valence electrons. The molecule has 0 aliphatic rings. The van der Waals surface area contributed by atoms with Crippen molar-refractivity contribution < 1.29 is 4.79 Å². The molecular weight excluding hydrogens is 346 g/mol. The normalized spacial score (nSPS) is 11.6. The fourth-order valence-electron chi connectivity index (χ4n) is 3.78. The van der Waals surface area contributed by atoms with Crippen LogP contribution in [0.2, 0.25) is 0 Å². The monoisotopic (exact) mass is 375 g/mol. The topological polar surface area (TPSA) is 60.9 Å². The molecule has 4 nitrogen and oxygen atoms in total. The predicted octanol–water partition coefficient (Wildman–Crippen LogP) is 4.87. The summed E-state index contributed by atoms with van der Waals surface area (Å²) in [6.45, 7) is 11.3. The summed E-state index contributed by atoms with van der Waals surface area (Å²) in [5, 5.41) is 0. The van der Waals surface area contributed by atoms with Crippen molar-refractivity contribution in [3.8, 4) is 11.1 Å². The van der Waals surface area contributed by atoms with Crippen LogP contribution in [0.4, 0.5) is 0 Å². The van der Waals surface area contributed by atoms with Gasteiger partial charge in [0.05, 0.1) is 17.8 Å². The lowest BCUT2D eigenvalue weighted by molar-refractivity contribution is 0.1000. The zero-order chi connectivity index (χ0) is 20.5. The van der Waals surface area contributed by atoms with Crippen molar-refractivity contribution in [3.63, 3.8) is 0 Å². The molecule has 0 bridgehead atoms. The summed E-state index contributed by atoms with van der Waals surface area (Å²) in [6.07, 6.45) is 2.60. The van der Waals surface area contributed by atoms with Gasteiger partial charge in [0.1, 0.15) is 0 Å². The van der Waals surface area contributed by atoms with Gasteiger partial charge in [-0.15, -0.1) is 0 Å². The third-order valence-corrected chi connectivity index (χ3v) is 5.30. The third kappa shape index (κ3) is 3.72. The van der Waals surface area contributed by atoms with E-state index in [4.69, 9.17) is 5.73 Å². The van der Waals surface area contributed by atoms with Gasteiger partial charge in [0.15, 0.2) is 0 Å². The summed E-state index contributed by atoms with van der Waals surface area (Å²) in [6, 6.07) is 14.4. The number of pyridine rings is 1. The van der Waals surface area contributed by atoms with Crippen molar-refractivity contribution in [2.24, 2.45) is 5.73 Å². The summed E-state index contributed by atoms with van der Waals surface area (Å²) in [5.74, 6) is -0.387. The van der Waals surface area contributed by atoms with Crippen LogP contribution in [0.3, 0.4) is 0 Å². The second kappa shape index (κ2) is 7.63. The average molecular weight is 376 g/mol. The van der Waals surface area contributed by atoms with Crippen molar-refractivity contribution in [3.05, 3.63) is 76.9 Å². The van der Waals surface area contributed by atoms with Crippen molar-refractivity contribution in [1.29, 1.82) is 0 Å². The molecule has 0 atom stereocenters. The molecule has 0 radical (unpaired) electrons. The number of carbonyl (C=O) groups is 1. The highest BCUT2D eigenvalue weighted by molar-refractivity contribution is 6.02. The van der Waals surface area contributed by atoms with Crippen molar-refractivity contribution >= 4 is 5.91 Å². The first-order chi connectivity index (χ1) is 13.2. The average Bonchev–Trinajstić information content (AvgIpc) is 2.94. The summed E-state index contributed by atoms with van der Waals surface area (Å²) >= 11 is 0. The summed E-state index contributed by atoms with van der Waals surface area (Å²) in [5.41, 5.74) is 12.7. The van der Waals surface area contributed by atoms with Crippen molar-refractivity contribution in [1.82, 2.24) is 9.55 Å². The maximum atomic E-state index is 12.4. The van der Waals surface area contributed by atoms with Crippen LogP contribution in [0.1, 0.15) is 60.7 Å². The Balaban J connectivity index is 2.17. The van der Waals surface area contributed by atoms with Crippen LogP contribution in [-0.2, 0) is 18.4 Å². The highest BCUT2D eigenvalue weighted by Crippen LogP contribution is 2.35. The minimum Gasteiger partial charge on any atom is -0.366 e. The lowest BCUT2D eigenvalue weighted by Crippen LogP contribution is -2.14. The molecule has 1 aromatic carbocycles. The molecule has 0 saturated carbocycles. The van der Waals surface area contributed by atoms with E-state index in [-0.39, 0.29) is 11.3 Å². The fourth-order valence-corrected chi connectivity index (χ4v) is 3.78. The van der Waals surface area contributed by atoms with E-state index in [9.17, 15) is 4.79 Å². The Morgan fingerprint density at radius 2 is 1.79 bits per heavy atom. The number of nitrogens with zero attached hydrogens (tertiary/aromatic N) is 2. The molecule has 0 aliphatic heterocycles. The number of rotatable bonds is 5. The molecule has 2 N–H and O–H groups in total. The highest BCUT2D eigenvalue weighted by Gasteiger charge is 2.24. The number of primary amides is 1. The van der Waals surface area contributed by atoms with Crippen LogP contribution in [0, 0.1) is 6.92 Å². The number of carbonyl (C=O) groups excluding carboxylic acids is 1. The van der Waals surface area contributed by atoms with Crippen LogP contribution >= 0.6 is 0 Å². The first kappa shape index (κ1) is 19.9. The SMILES string of the molecule is CCc1c(-c2ccc(C(C)(C)C)cc2)c(C(N)=O)c(C)n1Cc1ccccn1. The Morgan fingerprint density at radius 3 is 2.29 bits per heavy atom. The number of hydrogen-bond acceptors (Lipinski definition) is 2. The van der Waals surface area contributed by atoms with Gasteiger partial charge in [-0.25, -0.2) is 0 Å². The van der Waals surface area contributed by atoms with Crippen LogP contribution in [0.25, 0.3) is 11.1 Å². The molecule has 0 saturated heterocycles. The van der Waals surface area contributed by atoms with Crippen molar-refractivity contribution in [2.75, 3.05) is 0 Å². The van der Waals surface area contributed by atoms with Gasteiger partial charge in [0.2, 0.25) is 0 Å². The van der Waals surface area contributed by atoms with Gasteiger partial charge >= 0.3 is 0 Å². The standard InChI is InChI=1S/C24H29N3O/c1-6-20-22(17-10-12-18(13-11-17)24(3,4)5)21(23(25)28)16(2)27(20)15-19-9-7-8-14-26-19/h7-14H,6,15H2,1-5H3,(H2,25,28). The van der Waals surface area contributed by atoms with Crippen molar-refractivity contribution in [2.45, 2.75) is 53.0 Å². The summed E-state index contributed by atoms with van der Waals surface area (Å²) in [7, 11) is 0. The first-order valence-corrected chi connectivity index (χ1v) is 9.76. The molecule has 2 aromatic heterocycles. The number of aromatic nitrogens is 2. The predicted molar refractivity (Wildman–Crippen MR) is 115 cm³/mol. The van der Waals surface area contributed by atoms with Gasteiger partial charge in [0, 0.05) is 23.1 Å². The van der Waals surface area contributed by atoms with E-state index in [0.717, 1.165) is 34.6 Å². The Labute approximate surface area is 167 Å². The number of hydrogen-bond donors (Lipinski definition) is 1. The van der Waals surface area contributed by atoms with Gasteiger partial charge in [0.25, 0.3) is 5.91 Å². The Hall–Kier alpha value is -2.88. The molecule has 3 aromatic rings. The zero-order valence-electron chi connectivity index (χ0n) is 17.4. The molecule has 4 heteroatoms. The van der Waals surface area contributed by atoms with E-state index < -0.39 is 0 Å². The molecular formula is C24H29N3O. The van der Waals surface area contributed by atoms with E-state index in [1.54, 1.807) is 6.20 Å². The Bertz CT molecular complexity index is 977.